The molecule has 1 amide bonds. The first-order valence-electron chi connectivity index (χ1n) is 11.4. The highest BCUT2D eigenvalue weighted by molar-refractivity contribution is 5.94. The second-order valence-electron chi connectivity index (χ2n) is 9.14. The van der Waals surface area contributed by atoms with Gasteiger partial charge in [0.15, 0.2) is 0 Å². The molecule has 0 N–H and O–H groups in total. The first-order chi connectivity index (χ1) is 15.4. The molecule has 1 fully saturated rings. The Morgan fingerprint density at radius 3 is 2.38 bits per heavy atom. The van der Waals surface area contributed by atoms with Crippen LogP contribution >= 0.6 is 0 Å². The highest BCUT2D eigenvalue weighted by Crippen LogP contribution is 2.34. The molecule has 2 unspecified atom stereocenters. The number of amides is 1. The molecule has 1 aliphatic heterocycles. The van der Waals surface area contributed by atoms with Gasteiger partial charge in [-0.1, -0.05) is 30.3 Å². The maximum Gasteiger partial charge on any atom is 0.254 e. The molecular formula is C27H32FN3O. The number of hydrogen-bond donors (Lipinski definition) is 0. The van der Waals surface area contributed by atoms with E-state index in [1.54, 1.807) is 12.1 Å². The summed E-state index contributed by atoms with van der Waals surface area (Å²) in [4.78, 5) is 17.7. The van der Waals surface area contributed by atoms with Crippen LogP contribution in [0.15, 0.2) is 72.9 Å². The van der Waals surface area contributed by atoms with Crippen molar-refractivity contribution in [1.29, 1.82) is 0 Å². The summed E-state index contributed by atoms with van der Waals surface area (Å²) < 4.78 is 15.5. The monoisotopic (exact) mass is 433 g/mol. The third-order valence-electron chi connectivity index (χ3n) is 6.59. The quantitative estimate of drug-likeness (QED) is 0.529. The molecule has 0 radical (unpaired) electrons. The summed E-state index contributed by atoms with van der Waals surface area (Å²) in [6.45, 7) is 7.58. The van der Waals surface area contributed by atoms with Crippen LogP contribution in [0.4, 0.5) is 4.39 Å². The second kappa shape index (κ2) is 9.70. The van der Waals surface area contributed by atoms with E-state index in [2.05, 4.69) is 73.0 Å². The predicted molar refractivity (Wildman–Crippen MR) is 126 cm³/mol. The van der Waals surface area contributed by atoms with E-state index in [9.17, 15) is 9.18 Å². The van der Waals surface area contributed by atoms with E-state index >= 15 is 0 Å². The highest BCUT2D eigenvalue weighted by atomic mass is 19.1. The van der Waals surface area contributed by atoms with Gasteiger partial charge < -0.3 is 9.47 Å². The van der Waals surface area contributed by atoms with Crippen LogP contribution in [-0.2, 0) is 13.6 Å². The van der Waals surface area contributed by atoms with Crippen molar-refractivity contribution in [3.8, 4) is 0 Å². The van der Waals surface area contributed by atoms with E-state index in [1.165, 1.54) is 23.4 Å². The van der Waals surface area contributed by atoms with Crippen LogP contribution in [0, 0.1) is 11.7 Å². The van der Waals surface area contributed by atoms with Gasteiger partial charge in [-0.2, -0.15) is 0 Å². The van der Waals surface area contributed by atoms with Crippen molar-refractivity contribution >= 4 is 5.91 Å². The Balaban J connectivity index is 1.56. The fraction of sp³-hybridized carbons (Fsp3) is 0.370. The third-order valence-corrected chi connectivity index (χ3v) is 6.59. The lowest BCUT2D eigenvalue weighted by molar-refractivity contribution is 0.0668. The summed E-state index contributed by atoms with van der Waals surface area (Å²) in [5, 5.41) is 0. The van der Waals surface area contributed by atoms with Gasteiger partial charge in [-0.15, -0.1) is 0 Å². The summed E-state index contributed by atoms with van der Waals surface area (Å²) >= 11 is 0. The molecule has 0 saturated carbocycles. The number of likely N-dealkylation sites (tertiary alicyclic amines) is 1. The van der Waals surface area contributed by atoms with Crippen molar-refractivity contribution in [3.63, 3.8) is 0 Å². The Kier molecular flexibility index (Phi) is 6.75. The van der Waals surface area contributed by atoms with Crippen LogP contribution in [0.2, 0.25) is 0 Å². The second-order valence-corrected chi connectivity index (χ2v) is 9.14. The van der Waals surface area contributed by atoms with Crippen molar-refractivity contribution in [3.05, 3.63) is 95.6 Å². The molecule has 4 nitrogen and oxygen atoms in total. The van der Waals surface area contributed by atoms with Gasteiger partial charge in [0, 0.05) is 62.6 Å². The molecule has 1 aromatic heterocycles. The lowest BCUT2D eigenvalue weighted by Gasteiger charge is -2.32. The fourth-order valence-electron chi connectivity index (χ4n) is 4.78. The normalized spacial score (nSPS) is 18.9. The molecule has 5 heteroatoms. The number of nitrogens with zero attached hydrogens (tertiary/aromatic N) is 3. The summed E-state index contributed by atoms with van der Waals surface area (Å²) in [6, 6.07) is 20.8. The first-order valence-corrected chi connectivity index (χ1v) is 11.4. The number of halogens is 1. The molecule has 3 aromatic rings. The molecule has 168 valence electrons. The minimum Gasteiger partial charge on any atom is -0.353 e. The van der Waals surface area contributed by atoms with Crippen LogP contribution in [-0.4, -0.2) is 46.0 Å². The number of rotatable bonds is 7. The molecule has 1 saturated heterocycles. The molecule has 2 atom stereocenters. The van der Waals surface area contributed by atoms with Crippen molar-refractivity contribution < 1.29 is 9.18 Å². The van der Waals surface area contributed by atoms with E-state index in [-0.39, 0.29) is 17.8 Å². The van der Waals surface area contributed by atoms with Crippen LogP contribution in [0.3, 0.4) is 0 Å². The van der Waals surface area contributed by atoms with E-state index in [4.69, 9.17) is 0 Å². The number of carbonyl (C=O) groups is 1. The van der Waals surface area contributed by atoms with Gasteiger partial charge in [0.25, 0.3) is 5.91 Å². The molecule has 0 aliphatic carbocycles. The number of benzene rings is 2. The number of aromatic nitrogens is 1. The van der Waals surface area contributed by atoms with E-state index in [1.807, 2.05) is 11.0 Å². The zero-order valence-electron chi connectivity index (χ0n) is 19.1. The summed E-state index contributed by atoms with van der Waals surface area (Å²) in [7, 11) is 2.08. The standard InChI is InChI=1S/C27H32FN3O/c1-20(2)31(27(32)22-11-13-24(28)14-12-22)17-23-16-30(18-25-10-7-15-29(25)3)19-26(23)21-8-5-4-6-9-21/h4-15,20,23,26H,16-19H2,1-3H3. The maximum absolute atomic E-state index is 13.4. The van der Waals surface area contributed by atoms with Gasteiger partial charge in [0.1, 0.15) is 5.82 Å². The van der Waals surface area contributed by atoms with Gasteiger partial charge in [0.05, 0.1) is 0 Å². The van der Waals surface area contributed by atoms with Gasteiger partial charge in [-0.05, 0) is 61.7 Å². The summed E-state index contributed by atoms with van der Waals surface area (Å²) in [5.74, 6) is 0.324. The van der Waals surface area contributed by atoms with Gasteiger partial charge >= 0.3 is 0 Å². The summed E-state index contributed by atoms with van der Waals surface area (Å²) in [5.41, 5.74) is 3.15. The average molecular weight is 434 g/mol. The van der Waals surface area contributed by atoms with Crippen molar-refractivity contribution in [1.82, 2.24) is 14.4 Å². The summed E-state index contributed by atoms with van der Waals surface area (Å²) in [6.07, 6.45) is 2.08. The lowest BCUT2D eigenvalue weighted by atomic mass is 9.88. The van der Waals surface area contributed by atoms with Crippen molar-refractivity contribution in [2.75, 3.05) is 19.6 Å². The molecule has 1 aliphatic rings. The number of aryl methyl sites for hydroxylation is 1. The van der Waals surface area contributed by atoms with Gasteiger partial charge in [0.2, 0.25) is 0 Å². The molecule has 32 heavy (non-hydrogen) atoms. The number of hydrogen-bond acceptors (Lipinski definition) is 2. The maximum atomic E-state index is 13.4. The highest BCUT2D eigenvalue weighted by Gasteiger charge is 2.36. The van der Waals surface area contributed by atoms with Crippen LogP contribution in [0.5, 0.6) is 0 Å². The minimum atomic E-state index is -0.325. The molecular weight excluding hydrogens is 401 g/mol. The van der Waals surface area contributed by atoms with Gasteiger partial charge in [-0.3, -0.25) is 9.69 Å². The van der Waals surface area contributed by atoms with Crippen molar-refractivity contribution in [2.45, 2.75) is 32.4 Å². The minimum absolute atomic E-state index is 0.0345. The Morgan fingerprint density at radius 2 is 1.75 bits per heavy atom. The first kappa shape index (κ1) is 22.3. The Bertz CT molecular complexity index is 1030. The largest absolute Gasteiger partial charge is 0.353 e. The Labute approximate surface area is 190 Å². The molecule has 4 rings (SSSR count). The Hall–Kier alpha value is -2.92. The average Bonchev–Trinajstić information content (AvgIpc) is 3.38. The zero-order valence-corrected chi connectivity index (χ0v) is 19.1. The van der Waals surface area contributed by atoms with Gasteiger partial charge in [-0.25, -0.2) is 4.39 Å². The third kappa shape index (κ3) is 4.94. The number of carbonyl (C=O) groups excluding carboxylic acids is 1. The predicted octanol–water partition coefficient (Wildman–Crippen LogP) is 4.93. The molecule has 2 heterocycles. The molecule has 0 spiro atoms. The zero-order chi connectivity index (χ0) is 22.7. The van der Waals surface area contributed by atoms with E-state index < -0.39 is 0 Å². The molecule has 2 aromatic carbocycles. The van der Waals surface area contributed by atoms with Crippen LogP contribution < -0.4 is 0 Å². The lowest BCUT2D eigenvalue weighted by Crippen LogP contribution is -2.42. The molecule has 0 bridgehead atoms. The van der Waals surface area contributed by atoms with Crippen LogP contribution in [0.25, 0.3) is 0 Å². The van der Waals surface area contributed by atoms with Crippen LogP contribution in [0.1, 0.15) is 41.4 Å². The van der Waals surface area contributed by atoms with E-state index in [0.29, 0.717) is 23.9 Å². The SMILES string of the molecule is CC(C)N(CC1CN(Cc2cccn2C)CC1c1ccccc1)C(=O)c1ccc(F)cc1. The Morgan fingerprint density at radius 1 is 1.03 bits per heavy atom. The van der Waals surface area contributed by atoms with E-state index in [0.717, 1.165) is 19.6 Å². The topological polar surface area (TPSA) is 28.5 Å². The van der Waals surface area contributed by atoms with Crippen molar-refractivity contribution in [2.24, 2.45) is 13.0 Å². The fourth-order valence-corrected chi connectivity index (χ4v) is 4.78. The smallest absolute Gasteiger partial charge is 0.254 e.